The molecule has 12 heavy (non-hydrogen) atoms. The Balaban J connectivity index is 2.85. The lowest BCUT2D eigenvalue weighted by atomic mass is 10.1. The van der Waals surface area contributed by atoms with Crippen LogP contribution in [-0.4, -0.2) is 11.5 Å². The third-order valence-electron chi connectivity index (χ3n) is 1.65. The van der Waals surface area contributed by atoms with E-state index in [0.29, 0.717) is 0 Å². The Morgan fingerprint density at radius 2 is 2.33 bits per heavy atom. The number of benzene rings is 1. The largest absolute Gasteiger partial charge is 0.376 e. The minimum atomic E-state index is 0.211. The number of methoxy groups -OCH3 is 1. The van der Waals surface area contributed by atoms with E-state index in [-0.39, 0.29) is 6.10 Å². The summed E-state index contributed by atoms with van der Waals surface area (Å²) in [5.74, 6) is 0. The van der Waals surface area contributed by atoms with Gasteiger partial charge in [-0.2, -0.15) is 0 Å². The fraction of sp³-hybridized carbons (Fsp3) is 0.333. The maximum absolute atomic E-state index is 5.31. The van der Waals surface area contributed by atoms with E-state index in [0.717, 1.165) is 8.90 Å². The van der Waals surface area contributed by atoms with Crippen molar-refractivity contribution in [3.63, 3.8) is 0 Å². The molecule has 3 heteroatoms. The number of halogens is 2. The van der Waals surface area contributed by atoms with Crippen LogP contribution in [-0.2, 0) is 4.74 Å². The summed E-state index contributed by atoms with van der Waals surface area (Å²) in [4.78, 5) is 0. The molecular weight excluding hydrogens is 331 g/mol. The maximum Gasteiger partial charge on any atom is 0.0910 e. The van der Waals surface area contributed by atoms with Gasteiger partial charge in [0.25, 0.3) is 0 Å². The van der Waals surface area contributed by atoms with Crippen molar-refractivity contribution in [2.45, 2.75) is 6.10 Å². The number of rotatable bonds is 3. The molecule has 0 amide bonds. The van der Waals surface area contributed by atoms with E-state index < -0.39 is 0 Å². The molecule has 1 nitrogen and oxygen atoms in total. The van der Waals surface area contributed by atoms with Crippen LogP contribution in [0.1, 0.15) is 11.7 Å². The Bertz CT molecular complexity index is 248. The Labute approximate surface area is 94.8 Å². The zero-order valence-corrected chi connectivity index (χ0v) is 10.5. The second-order valence-electron chi connectivity index (χ2n) is 2.43. The van der Waals surface area contributed by atoms with Gasteiger partial charge in [0.05, 0.1) is 6.10 Å². The monoisotopic (exact) mass is 340 g/mol. The van der Waals surface area contributed by atoms with Gasteiger partial charge in [0.1, 0.15) is 0 Å². The lowest BCUT2D eigenvalue weighted by molar-refractivity contribution is 0.126. The molecule has 0 aliphatic carbocycles. The first-order valence-electron chi connectivity index (χ1n) is 3.62. The molecule has 0 radical (unpaired) electrons. The predicted molar refractivity (Wildman–Crippen MR) is 62.8 cm³/mol. The summed E-state index contributed by atoms with van der Waals surface area (Å²) in [6.07, 6.45) is 0.211. The minimum Gasteiger partial charge on any atom is -0.376 e. The molecule has 0 heterocycles. The summed E-state index contributed by atoms with van der Waals surface area (Å²) < 4.78 is 7.39. The fourth-order valence-electron chi connectivity index (χ4n) is 0.995. The van der Waals surface area contributed by atoms with Crippen molar-refractivity contribution in [2.24, 2.45) is 0 Å². The van der Waals surface area contributed by atoms with Gasteiger partial charge in [0.2, 0.25) is 0 Å². The van der Waals surface area contributed by atoms with Gasteiger partial charge in [0, 0.05) is 16.0 Å². The molecule has 0 bridgehead atoms. The number of hydrogen-bond donors (Lipinski definition) is 0. The van der Waals surface area contributed by atoms with Crippen LogP contribution in [0, 0.1) is 0 Å². The molecule has 0 aromatic heterocycles. The summed E-state index contributed by atoms with van der Waals surface area (Å²) in [5.41, 5.74) is 1.22. The molecular formula is C9H10BrIO. The van der Waals surface area contributed by atoms with Gasteiger partial charge in [-0.25, -0.2) is 0 Å². The van der Waals surface area contributed by atoms with Gasteiger partial charge in [-0.1, -0.05) is 50.7 Å². The molecule has 0 aliphatic heterocycles. The van der Waals surface area contributed by atoms with Gasteiger partial charge < -0.3 is 4.74 Å². The molecule has 0 spiro atoms. The first-order valence-corrected chi connectivity index (χ1v) is 5.94. The molecule has 0 fully saturated rings. The van der Waals surface area contributed by atoms with Crippen LogP contribution in [0.2, 0.25) is 0 Å². The second kappa shape index (κ2) is 5.19. The van der Waals surface area contributed by atoms with E-state index >= 15 is 0 Å². The van der Waals surface area contributed by atoms with Crippen molar-refractivity contribution in [3.8, 4) is 0 Å². The lowest BCUT2D eigenvalue weighted by Crippen LogP contribution is -2.01. The lowest BCUT2D eigenvalue weighted by Gasteiger charge is -2.12. The number of hydrogen-bond acceptors (Lipinski definition) is 1. The molecule has 66 valence electrons. The Kier molecular flexibility index (Phi) is 4.53. The van der Waals surface area contributed by atoms with Gasteiger partial charge in [-0.05, 0) is 17.7 Å². The molecule has 1 unspecified atom stereocenters. The zero-order valence-electron chi connectivity index (χ0n) is 6.76. The summed E-state index contributed by atoms with van der Waals surface area (Å²) in [5, 5.41) is 0. The Hall–Kier alpha value is 0.390. The van der Waals surface area contributed by atoms with Crippen LogP contribution in [0.15, 0.2) is 28.7 Å². The second-order valence-corrected chi connectivity index (χ2v) is 4.23. The average Bonchev–Trinajstić information content (AvgIpc) is 2.07. The minimum absolute atomic E-state index is 0.211. The summed E-state index contributed by atoms with van der Waals surface area (Å²) in [7, 11) is 1.74. The van der Waals surface area contributed by atoms with Gasteiger partial charge >= 0.3 is 0 Å². The number of alkyl halides is 1. The normalized spacial score (nSPS) is 12.9. The molecule has 0 saturated heterocycles. The quantitative estimate of drug-likeness (QED) is 0.603. The van der Waals surface area contributed by atoms with Gasteiger partial charge in [-0.15, -0.1) is 0 Å². The highest BCUT2D eigenvalue weighted by molar-refractivity contribution is 14.1. The highest BCUT2D eigenvalue weighted by Gasteiger charge is 2.07. The van der Waals surface area contributed by atoms with Crippen LogP contribution >= 0.6 is 38.5 Å². The highest BCUT2D eigenvalue weighted by Crippen LogP contribution is 2.22. The number of ether oxygens (including phenoxy) is 1. The van der Waals surface area contributed by atoms with Crippen LogP contribution in [0.3, 0.4) is 0 Å². The summed E-state index contributed by atoms with van der Waals surface area (Å²) >= 11 is 5.76. The molecule has 1 aromatic rings. The summed E-state index contributed by atoms with van der Waals surface area (Å²) in [6, 6.07) is 8.21. The standard InChI is InChI=1S/C9H10BrIO/c1-12-9(6-11)7-3-2-4-8(10)5-7/h2-5,9H,6H2,1H3. The topological polar surface area (TPSA) is 9.23 Å². The van der Waals surface area contributed by atoms with Crippen molar-refractivity contribution in [2.75, 3.05) is 11.5 Å². The van der Waals surface area contributed by atoms with Crippen LogP contribution in [0.5, 0.6) is 0 Å². The van der Waals surface area contributed by atoms with E-state index in [1.54, 1.807) is 7.11 Å². The molecule has 1 atom stereocenters. The van der Waals surface area contributed by atoms with Crippen LogP contribution in [0.4, 0.5) is 0 Å². The third kappa shape index (κ3) is 2.71. The van der Waals surface area contributed by atoms with E-state index in [9.17, 15) is 0 Å². The molecule has 1 rings (SSSR count). The molecule has 0 aliphatic rings. The Morgan fingerprint density at radius 1 is 1.58 bits per heavy atom. The van der Waals surface area contributed by atoms with Crippen molar-refractivity contribution in [1.29, 1.82) is 0 Å². The Morgan fingerprint density at radius 3 is 2.83 bits per heavy atom. The SMILES string of the molecule is COC(CI)c1cccc(Br)c1. The zero-order chi connectivity index (χ0) is 8.97. The maximum atomic E-state index is 5.31. The van der Waals surface area contributed by atoms with Crippen LogP contribution in [0.25, 0.3) is 0 Å². The van der Waals surface area contributed by atoms with E-state index in [2.05, 4.69) is 50.7 Å². The van der Waals surface area contributed by atoms with Crippen molar-refractivity contribution in [1.82, 2.24) is 0 Å². The van der Waals surface area contributed by atoms with E-state index in [4.69, 9.17) is 4.74 Å². The van der Waals surface area contributed by atoms with E-state index in [1.165, 1.54) is 5.56 Å². The highest BCUT2D eigenvalue weighted by atomic mass is 127. The molecule has 0 N–H and O–H groups in total. The average molecular weight is 341 g/mol. The fourth-order valence-corrected chi connectivity index (χ4v) is 2.28. The molecule has 1 aromatic carbocycles. The summed E-state index contributed by atoms with van der Waals surface area (Å²) in [6.45, 7) is 0. The third-order valence-corrected chi connectivity index (χ3v) is 2.94. The predicted octanol–water partition coefficient (Wildman–Crippen LogP) is 3.57. The van der Waals surface area contributed by atoms with Crippen molar-refractivity contribution < 1.29 is 4.74 Å². The van der Waals surface area contributed by atoms with E-state index in [1.807, 2.05) is 12.1 Å². The van der Waals surface area contributed by atoms with Crippen molar-refractivity contribution >= 4 is 38.5 Å². The first kappa shape index (κ1) is 10.5. The first-order chi connectivity index (χ1) is 5.77. The van der Waals surface area contributed by atoms with Gasteiger partial charge in [0.15, 0.2) is 0 Å². The van der Waals surface area contributed by atoms with Gasteiger partial charge in [-0.3, -0.25) is 0 Å². The van der Waals surface area contributed by atoms with Crippen molar-refractivity contribution in [3.05, 3.63) is 34.3 Å². The smallest absolute Gasteiger partial charge is 0.0910 e. The van der Waals surface area contributed by atoms with Crippen LogP contribution < -0.4 is 0 Å². The molecule has 0 saturated carbocycles.